The van der Waals surface area contributed by atoms with E-state index in [0.717, 1.165) is 25.7 Å². The van der Waals surface area contributed by atoms with E-state index in [4.69, 9.17) is 4.74 Å². The lowest BCUT2D eigenvalue weighted by Gasteiger charge is -1.93. The van der Waals surface area contributed by atoms with Crippen molar-refractivity contribution in [2.75, 3.05) is 6.61 Å². The second kappa shape index (κ2) is 12.3. The molecule has 2 heteroatoms. The molecular formula is C9H20O2. The van der Waals surface area contributed by atoms with Crippen molar-refractivity contribution in [3.63, 3.8) is 0 Å². The molecule has 1 saturated heterocycles. The number of carbonyl (C=O) groups is 1. The summed E-state index contributed by atoms with van der Waals surface area (Å²) in [4.78, 5) is 9.88. The average Bonchev–Trinajstić information content (AvgIpc) is 2.63. The molecule has 1 rings (SSSR count). The van der Waals surface area contributed by atoms with Gasteiger partial charge in [0.15, 0.2) is 0 Å². The van der Waals surface area contributed by atoms with Crippen LogP contribution < -0.4 is 0 Å². The molecule has 0 aromatic heterocycles. The van der Waals surface area contributed by atoms with Gasteiger partial charge in [0.1, 0.15) is 12.4 Å². The molecule has 11 heavy (non-hydrogen) atoms. The van der Waals surface area contributed by atoms with Crippen molar-refractivity contribution >= 4 is 6.29 Å². The van der Waals surface area contributed by atoms with Gasteiger partial charge >= 0.3 is 0 Å². The lowest BCUT2D eigenvalue weighted by atomic mass is 10.3. The third kappa shape index (κ3) is 7.53. The van der Waals surface area contributed by atoms with Crippen LogP contribution in [0.25, 0.3) is 0 Å². The maximum atomic E-state index is 9.88. The van der Waals surface area contributed by atoms with Gasteiger partial charge in [-0.15, -0.1) is 0 Å². The molecule has 1 aliphatic heterocycles. The SMILES string of the molecule is CC.CC.O=CC1CCCO1. The Morgan fingerprint density at radius 3 is 2.00 bits per heavy atom. The van der Waals surface area contributed by atoms with E-state index in [-0.39, 0.29) is 6.10 Å². The van der Waals surface area contributed by atoms with Crippen molar-refractivity contribution < 1.29 is 9.53 Å². The smallest absolute Gasteiger partial charge is 0.148 e. The van der Waals surface area contributed by atoms with Crippen LogP contribution in [0.2, 0.25) is 0 Å². The van der Waals surface area contributed by atoms with E-state index in [1.165, 1.54) is 0 Å². The van der Waals surface area contributed by atoms with Crippen LogP contribution in [-0.4, -0.2) is 19.0 Å². The Kier molecular flexibility index (Phi) is 14.8. The fraction of sp³-hybridized carbons (Fsp3) is 0.889. The Labute approximate surface area is 69.9 Å². The Morgan fingerprint density at radius 1 is 1.27 bits per heavy atom. The quantitative estimate of drug-likeness (QED) is 0.551. The van der Waals surface area contributed by atoms with E-state index >= 15 is 0 Å². The van der Waals surface area contributed by atoms with Crippen molar-refractivity contribution in [2.45, 2.75) is 46.6 Å². The Balaban J connectivity index is 0. The molecule has 0 spiro atoms. The number of rotatable bonds is 1. The summed E-state index contributed by atoms with van der Waals surface area (Å²) < 4.78 is 4.93. The topological polar surface area (TPSA) is 26.3 Å². The van der Waals surface area contributed by atoms with E-state index in [0.29, 0.717) is 0 Å². The van der Waals surface area contributed by atoms with E-state index < -0.39 is 0 Å². The van der Waals surface area contributed by atoms with Gasteiger partial charge in [0.25, 0.3) is 0 Å². The maximum Gasteiger partial charge on any atom is 0.148 e. The van der Waals surface area contributed by atoms with Gasteiger partial charge in [-0.25, -0.2) is 0 Å². The summed E-state index contributed by atoms with van der Waals surface area (Å²) in [6, 6.07) is 0. The van der Waals surface area contributed by atoms with Crippen molar-refractivity contribution in [1.29, 1.82) is 0 Å². The molecule has 1 heterocycles. The first kappa shape index (κ1) is 13.2. The van der Waals surface area contributed by atoms with Crippen LogP contribution in [0.5, 0.6) is 0 Å². The molecule has 1 atom stereocenters. The second-order valence-electron chi connectivity index (χ2n) is 1.69. The average molecular weight is 160 g/mol. The van der Waals surface area contributed by atoms with E-state index in [1.54, 1.807) is 0 Å². The van der Waals surface area contributed by atoms with Gasteiger partial charge in [0, 0.05) is 6.61 Å². The van der Waals surface area contributed by atoms with Gasteiger partial charge in [0.05, 0.1) is 0 Å². The summed E-state index contributed by atoms with van der Waals surface area (Å²) >= 11 is 0. The van der Waals surface area contributed by atoms with Crippen molar-refractivity contribution in [3.8, 4) is 0 Å². The second-order valence-corrected chi connectivity index (χ2v) is 1.69. The van der Waals surface area contributed by atoms with E-state index in [1.807, 2.05) is 27.7 Å². The van der Waals surface area contributed by atoms with Crippen LogP contribution in [0, 0.1) is 0 Å². The zero-order chi connectivity index (χ0) is 9.11. The van der Waals surface area contributed by atoms with Crippen molar-refractivity contribution in [2.24, 2.45) is 0 Å². The highest BCUT2D eigenvalue weighted by atomic mass is 16.5. The fourth-order valence-corrected chi connectivity index (χ4v) is 0.710. The fourth-order valence-electron chi connectivity index (χ4n) is 0.710. The molecule has 0 amide bonds. The van der Waals surface area contributed by atoms with Crippen LogP contribution in [-0.2, 0) is 9.53 Å². The third-order valence-corrected chi connectivity index (χ3v) is 1.12. The normalized spacial score (nSPS) is 20.5. The van der Waals surface area contributed by atoms with Gasteiger partial charge in [-0.05, 0) is 12.8 Å². The molecule has 2 nitrogen and oxygen atoms in total. The third-order valence-electron chi connectivity index (χ3n) is 1.12. The summed E-state index contributed by atoms with van der Waals surface area (Å²) in [5.41, 5.74) is 0. The number of hydrogen-bond donors (Lipinski definition) is 0. The van der Waals surface area contributed by atoms with Gasteiger partial charge in [-0.2, -0.15) is 0 Å². The largest absolute Gasteiger partial charge is 0.371 e. The molecule has 68 valence electrons. The summed E-state index contributed by atoms with van der Waals surface area (Å²) in [6.45, 7) is 8.77. The molecule has 0 aliphatic carbocycles. The predicted octanol–water partition coefficient (Wildman–Crippen LogP) is 2.42. The summed E-state index contributed by atoms with van der Waals surface area (Å²) in [7, 11) is 0. The van der Waals surface area contributed by atoms with Gasteiger partial charge in [0.2, 0.25) is 0 Å². The molecule has 0 bridgehead atoms. The zero-order valence-corrected chi connectivity index (χ0v) is 8.09. The Morgan fingerprint density at radius 2 is 1.82 bits per heavy atom. The first-order chi connectivity index (χ1) is 5.43. The first-order valence-corrected chi connectivity index (χ1v) is 4.50. The lowest BCUT2D eigenvalue weighted by molar-refractivity contribution is -0.115. The highest BCUT2D eigenvalue weighted by molar-refractivity contribution is 5.56. The standard InChI is InChI=1S/C5H8O2.2C2H6/c6-4-5-2-1-3-7-5;2*1-2/h4-5H,1-3H2;2*1-2H3. The lowest BCUT2D eigenvalue weighted by Crippen LogP contribution is -2.04. The molecule has 0 aromatic rings. The Hall–Kier alpha value is -0.370. The summed E-state index contributed by atoms with van der Waals surface area (Å²) in [6.07, 6.45) is 2.75. The highest BCUT2D eigenvalue weighted by Gasteiger charge is 2.12. The first-order valence-electron chi connectivity index (χ1n) is 4.50. The molecule has 0 radical (unpaired) electrons. The molecule has 1 aliphatic rings. The zero-order valence-electron chi connectivity index (χ0n) is 8.09. The minimum Gasteiger partial charge on any atom is -0.371 e. The van der Waals surface area contributed by atoms with Gasteiger partial charge in [-0.3, -0.25) is 0 Å². The van der Waals surface area contributed by atoms with Crippen LogP contribution in [0.1, 0.15) is 40.5 Å². The highest BCUT2D eigenvalue weighted by Crippen LogP contribution is 2.08. The maximum absolute atomic E-state index is 9.88. The molecule has 0 N–H and O–H groups in total. The van der Waals surface area contributed by atoms with E-state index in [9.17, 15) is 4.79 Å². The molecule has 1 fully saturated rings. The van der Waals surface area contributed by atoms with Crippen LogP contribution in [0.3, 0.4) is 0 Å². The molecular weight excluding hydrogens is 140 g/mol. The van der Waals surface area contributed by atoms with Gasteiger partial charge in [-0.1, -0.05) is 27.7 Å². The summed E-state index contributed by atoms with van der Waals surface area (Å²) in [5, 5.41) is 0. The minimum absolute atomic E-state index is 0.0833. The van der Waals surface area contributed by atoms with E-state index in [2.05, 4.69) is 0 Å². The Bertz CT molecular complexity index is 66.0. The van der Waals surface area contributed by atoms with Crippen LogP contribution in [0.15, 0.2) is 0 Å². The molecule has 1 unspecified atom stereocenters. The number of carbonyl (C=O) groups excluding carboxylic acids is 1. The number of ether oxygens (including phenoxy) is 1. The predicted molar refractivity (Wildman–Crippen MR) is 47.7 cm³/mol. The molecule has 0 aromatic carbocycles. The van der Waals surface area contributed by atoms with Crippen LogP contribution >= 0.6 is 0 Å². The van der Waals surface area contributed by atoms with Crippen LogP contribution in [0.4, 0.5) is 0 Å². The minimum atomic E-state index is -0.0833. The molecule has 0 saturated carbocycles. The summed E-state index contributed by atoms with van der Waals surface area (Å²) in [5.74, 6) is 0. The number of hydrogen-bond acceptors (Lipinski definition) is 2. The number of aldehydes is 1. The monoisotopic (exact) mass is 160 g/mol. The van der Waals surface area contributed by atoms with Crippen molar-refractivity contribution in [3.05, 3.63) is 0 Å². The van der Waals surface area contributed by atoms with Gasteiger partial charge < -0.3 is 9.53 Å². The van der Waals surface area contributed by atoms with Crippen molar-refractivity contribution in [1.82, 2.24) is 0 Å².